The third-order valence-corrected chi connectivity index (χ3v) is 8.95. The number of benzene rings is 3. The minimum Gasteiger partial charge on any atom is -0.507 e. The molecule has 50 heavy (non-hydrogen) atoms. The summed E-state index contributed by atoms with van der Waals surface area (Å²) in [5, 5.41) is 30.4. The zero-order valence-electron chi connectivity index (χ0n) is 27.4. The fourth-order valence-corrected chi connectivity index (χ4v) is 6.28. The highest BCUT2D eigenvalue weighted by molar-refractivity contribution is 8.00. The molecule has 0 fully saturated rings. The number of carboxylic acids is 1. The first-order valence-electron chi connectivity index (χ1n) is 15.9. The van der Waals surface area contributed by atoms with E-state index in [1.807, 2.05) is 13.0 Å². The van der Waals surface area contributed by atoms with Gasteiger partial charge in [-0.25, -0.2) is 4.79 Å². The molecule has 2 unspecified atom stereocenters. The van der Waals surface area contributed by atoms with E-state index in [-0.39, 0.29) is 33.6 Å². The standard InChI is InChI=1S/C38H37F3O8S/c1-3-11-29-31(18-17-27(23(2)42)36(29)45)48-19-9-7-5-4-6-8-14-34(35(44)24-12-10-13-25(20-24)38(39,40)41)50-26-15-16-28-30(43)22-33(37(46)47)49-32(28)21-26/h4,6,8,10,12-18,20-22,34-35,44-45H,3,5,7,9,11,19H2,1-2H3,(H,46,47)/b6-4+,14-8-. The van der Waals surface area contributed by atoms with Gasteiger partial charge in [-0.1, -0.05) is 49.8 Å². The maximum absolute atomic E-state index is 13.4. The number of phenols is 1. The quantitative estimate of drug-likeness (QED) is 0.0451. The van der Waals surface area contributed by atoms with Crippen molar-refractivity contribution in [1.29, 1.82) is 0 Å². The van der Waals surface area contributed by atoms with E-state index < -0.39 is 40.3 Å². The summed E-state index contributed by atoms with van der Waals surface area (Å²) in [5.74, 6) is -1.66. The number of aliphatic hydroxyl groups is 1. The Morgan fingerprint density at radius 2 is 1.82 bits per heavy atom. The largest absolute Gasteiger partial charge is 0.507 e. The molecule has 3 aromatic carbocycles. The normalized spacial score (nSPS) is 13.2. The van der Waals surface area contributed by atoms with E-state index in [1.165, 1.54) is 31.2 Å². The Morgan fingerprint density at radius 3 is 2.52 bits per heavy atom. The number of aromatic carboxylic acids is 1. The summed E-state index contributed by atoms with van der Waals surface area (Å²) in [4.78, 5) is 36.0. The van der Waals surface area contributed by atoms with Crippen LogP contribution >= 0.6 is 11.8 Å². The number of unbranched alkanes of at least 4 members (excludes halogenated alkanes) is 2. The van der Waals surface area contributed by atoms with E-state index in [0.29, 0.717) is 42.1 Å². The molecule has 264 valence electrons. The molecule has 8 nitrogen and oxygen atoms in total. The Kier molecular flexibility index (Phi) is 13.1. The molecule has 12 heteroatoms. The molecule has 1 heterocycles. The Bertz CT molecular complexity index is 1950. The van der Waals surface area contributed by atoms with Gasteiger partial charge in [-0.3, -0.25) is 9.59 Å². The van der Waals surface area contributed by atoms with Gasteiger partial charge in [0.2, 0.25) is 5.76 Å². The van der Waals surface area contributed by atoms with Crippen LogP contribution in [0.1, 0.15) is 83.2 Å². The smallest absolute Gasteiger partial charge is 0.416 e. The van der Waals surface area contributed by atoms with Crippen molar-refractivity contribution in [3.05, 3.63) is 123 Å². The average molecular weight is 711 g/mol. The Balaban J connectivity index is 1.44. The van der Waals surface area contributed by atoms with E-state index in [1.54, 1.807) is 36.4 Å². The lowest BCUT2D eigenvalue weighted by atomic mass is 10.0. The van der Waals surface area contributed by atoms with Gasteiger partial charge in [0, 0.05) is 16.5 Å². The van der Waals surface area contributed by atoms with Crippen molar-refractivity contribution in [3.8, 4) is 11.5 Å². The summed E-state index contributed by atoms with van der Waals surface area (Å²) in [5.41, 5.74) is -0.485. The number of hydrogen-bond donors (Lipinski definition) is 3. The van der Waals surface area contributed by atoms with Crippen LogP contribution in [0, 0.1) is 0 Å². The van der Waals surface area contributed by atoms with Gasteiger partial charge in [0.15, 0.2) is 11.2 Å². The molecule has 0 spiro atoms. The van der Waals surface area contributed by atoms with Crippen LogP contribution in [-0.2, 0) is 12.6 Å². The van der Waals surface area contributed by atoms with Crippen LogP contribution in [0.3, 0.4) is 0 Å². The average Bonchev–Trinajstić information content (AvgIpc) is 3.07. The minimum atomic E-state index is -4.60. The molecule has 0 radical (unpaired) electrons. The SMILES string of the molecule is CCCc1c(OCCCC/C=C/C=C\C(Sc2ccc3c(=O)cc(C(=O)O)oc3c2)C(O)c2cccc(C(F)(F)F)c2)ccc(C(C)=O)c1O. The van der Waals surface area contributed by atoms with Gasteiger partial charge in [0.25, 0.3) is 0 Å². The number of carboxylic acid groups (broad SMARTS) is 1. The van der Waals surface area contributed by atoms with E-state index in [0.717, 1.165) is 42.8 Å². The molecule has 0 saturated carbocycles. The molecule has 0 aliphatic rings. The molecule has 4 aromatic rings. The monoisotopic (exact) mass is 710 g/mol. The number of allylic oxidation sites excluding steroid dienone is 3. The third kappa shape index (κ3) is 9.88. The van der Waals surface area contributed by atoms with Crippen molar-refractivity contribution in [2.24, 2.45) is 0 Å². The molecule has 2 atom stereocenters. The number of ketones is 1. The Labute approximate surface area is 290 Å². The zero-order valence-corrected chi connectivity index (χ0v) is 28.2. The molecule has 0 amide bonds. The number of alkyl halides is 3. The van der Waals surface area contributed by atoms with Crippen LogP contribution < -0.4 is 10.2 Å². The second-order valence-electron chi connectivity index (χ2n) is 11.5. The number of hydrogen-bond acceptors (Lipinski definition) is 8. The van der Waals surface area contributed by atoms with Crippen LogP contribution in [0.5, 0.6) is 11.5 Å². The summed E-state index contributed by atoms with van der Waals surface area (Å²) in [6.45, 7) is 3.78. The van der Waals surface area contributed by atoms with Crippen molar-refractivity contribution >= 4 is 34.5 Å². The predicted molar refractivity (Wildman–Crippen MR) is 185 cm³/mol. The number of ether oxygens (including phenoxy) is 1. The lowest BCUT2D eigenvalue weighted by Gasteiger charge is -2.21. The highest BCUT2D eigenvalue weighted by atomic mass is 32.2. The molecule has 3 N–H and O–H groups in total. The van der Waals surface area contributed by atoms with Gasteiger partial charge in [0.05, 0.1) is 34.5 Å². The number of phenolic OH excluding ortho intramolecular Hbond substituents is 1. The number of carbonyl (C=O) groups is 2. The van der Waals surface area contributed by atoms with Crippen molar-refractivity contribution < 1.29 is 47.2 Å². The van der Waals surface area contributed by atoms with E-state index in [2.05, 4.69) is 0 Å². The topological polar surface area (TPSA) is 134 Å². The van der Waals surface area contributed by atoms with Crippen LogP contribution in [0.25, 0.3) is 11.0 Å². The van der Waals surface area contributed by atoms with Crippen molar-refractivity contribution in [2.45, 2.75) is 68.4 Å². The first kappa shape index (κ1) is 38.0. The van der Waals surface area contributed by atoms with Crippen molar-refractivity contribution in [3.63, 3.8) is 0 Å². The fraction of sp³-hybridized carbons (Fsp3) is 0.289. The van der Waals surface area contributed by atoms with Gasteiger partial charge in [-0.05, 0) is 80.6 Å². The second-order valence-corrected chi connectivity index (χ2v) is 12.7. The Hall–Kier alpha value is -4.81. The second kappa shape index (κ2) is 17.2. The third-order valence-electron chi connectivity index (χ3n) is 7.74. The number of rotatable bonds is 16. The van der Waals surface area contributed by atoms with Crippen LogP contribution in [0.2, 0.25) is 0 Å². The molecular weight excluding hydrogens is 673 g/mol. The van der Waals surface area contributed by atoms with Crippen molar-refractivity contribution in [2.75, 3.05) is 6.61 Å². The number of halogens is 3. The molecule has 1 aromatic heterocycles. The molecule has 0 saturated heterocycles. The van der Waals surface area contributed by atoms with Gasteiger partial charge in [0.1, 0.15) is 17.1 Å². The van der Waals surface area contributed by atoms with Crippen LogP contribution in [0.4, 0.5) is 13.2 Å². The maximum Gasteiger partial charge on any atom is 0.416 e. The van der Waals surface area contributed by atoms with Gasteiger partial charge in [-0.2, -0.15) is 13.2 Å². The summed E-state index contributed by atoms with van der Waals surface area (Å²) in [6.07, 6.45) is 4.56. The number of thioether (sulfide) groups is 1. The highest BCUT2D eigenvalue weighted by Gasteiger charge is 2.31. The lowest BCUT2D eigenvalue weighted by molar-refractivity contribution is -0.137. The number of carbonyl (C=O) groups excluding carboxylic acids is 1. The number of fused-ring (bicyclic) bond motifs is 1. The molecular formula is C38H37F3O8S. The van der Waals surface area contributed by atoms with Gasteiger partial charge in [-0.15, -0.1) is 11.8 Å². The summed E-state index contributed by atoms with van der Waals surface area (Å²) >= 11 is 1.11. The van der Waals surface area contributed by atoms with Crippen molar-refractivity contribution in [1.82, 2.24) is 0 Å². The Morgan fingerprint density at radius 1 is 1.04 bits per heavy atom. The summed E-state index contributed by atoms with van der Waals surface area (Å²) in [6, 6.07) is 13.1. The first-order chi connectivity index (χ1) is 23.8. The first-order valence-corrected chi connectivity index (χ1v) is 16.8. The molecule has 4 rings (SSSR count). The highest BCUT2D eigenvalue weighted by Crippen LogP contribution is 2.37. The fourth-order valence-electron chi connectivity index (χ4n) is 5.19. The van der Waals surface area contributed by atoms with E-state index in [9.17, 15) is 42.9 Å². The molecule has 0 aliphatic heterocycles. The van der Waals surface area contributed by atoms with Crippen LogP contribution in [0.15, 0.2) is 99.1 Å². The zero-order chi connectivity index (χ0) is 36.4. The van der Waals surface area contributed by atoms with Crippen LogP contribution in [-0.4, -0.2) is 38.9 Å². The number of aromatic hydroxyl groups is 1. The predicted octanol–water partition coefficient (Wildman–Crippen LogP) is 8.93. The van der Waals surface area contributed by atoms with E-state index in [4.69, 9.17) is 9.15 Å². The maximum atomic E-state index is 13.4. The van der Waals surface area contributed by atoms with E-state index >= 15 is 0 Å². The van der Waals surface area contributed by atoms with Gasteiger partial charge >= 0.3 is 12.1 Å². The molecule has 0 aliphatic carbocycles. The summed E-state index contributed by atoms with van der Waals surface area (Å²) in [7, 11) is 0. The number of aliphatic hydroxyl groups excluding tert-OH is 1. The number of Topliss-reactive ketones (excluding diaryl/α,β-unsaturated/α-hetero) is 1. The summed E-state index contributed by atoms with van der Waals surface area (Å²) < 4.78 is 51.6. The lowest BCUT2D eigenvalue weighted by Crippen LogP contribution is -2.14. The minimum absolute atomic E-state index is 0.0199. The molecule has 0 bridgehead atoms. The van der Waals surface area contributed by atoms with Gasteiger partial charge < -0.3 is 24.5 Å².